The van der Waals surface area contributed by atoms with Crippen molar-refractivity contribution in [2.45, 2.75) is 6.18 Å². The Morgan fingerprint density at radius 1 is 1.30 bits per heavy atom. The number of nitrogen functional groups attached to an aromatic ring is 1. The Balaban J connectivity index is 2.83. The third-order valence-corrected chi connectivity index (χ3v) is 2.19. The van der Waals surface area contributed by atoms with Crippen LogP contribution >= 0.6 is 0 Å². The molecule has 0 unspecified atom stereocenters. The molecule has 4 N–H and O–H groups in total. The monoisotopic (exact) mass is 291 g/mol. The molecule has 0 heterocycles. The van der Waals surface area contributed by atoms with Crippen molar-refractivity contribution in [2.75, 3.05) is 24.1 Å². The topological polar surface area (TPSA) is 95.7 Å². The van der Waals surface area contributed by atoms with E-state index in [9.17, 15) is 22.8 Å². The molecule has 1 aromatic rings. The summed E-state index contributed by atoms with van der Waals surface area (Å²) in [6, 6.07) is 4.75. The molecule has 110 valence electrons. The molecule has 0 aliphatic carbocycles. The number of hydrogen-bond donors (Lipinski definition) is 3. The number of nitrogens with one attached hydrogen (secondary N) is 1. The number of urea groups is 1. The van der Waals surface area contributed by atoms with Gasteiger partial charge in [-0.05, 0) is 12.1 Å². The third kappa shape index (κ3) is 5.04. The Kier molecular flexibility index (Phi) is 4.78. The lowest BCUT2D eigenvalue weighted by molar-refractivity contribution is -0.148. The predicted molar refractivity (Wildman–Crippen MR) is 65.1 cm³/mol. The highest BCUT2D eigenvalue weighted by Gasteiger charge is 2.34. The molecule has 0 aromatic heterocycles. The molecule has 1 rings (SSSR count). The van der Waals surface area contributed by atoms with Crippen LogP contribution in [0.2, 0.25) is 0 Å². The van der Waals surface area contributed by atoms with Gasteiger partial charge in [0.05, 0.1) is 11.4 Å². The van der Waals surface area contributed by atoms with Crippen LogP contribution in [0.5, 0.6) is 0 Å². The average molecular weight is 291 g/mol. The standard InChI is InChI=1S/C11H12F3N3O3/c12-11(13,14)6-17(5-9(18)19)10(20)16-8-4-2-1-3-7(8)15/h1-4H,5-6,15H2,(H,16,20)(H,18,19). The van der Waals surface area contributed by atoms with Crippen molar-refractivity contribution in [3.05, 3.63) is 24.3 Å². The normalized spacial score (nSPS) is 10.9. The minimum atomic E-state index is -4.70. The number of amides is 2. The second-order valence-electron chi connectivity index (χ2n) is 3.88. The predicted octanol–water partition coefficient (Wildman–Crippen LogP) is 1.75. The number of nitrogens with zero attached hydrogens (tertiary/aromatic N) is 1. The highest BCUT2D eigenvalue weighted by Crippen LogP contribution is 2.20. The van der Waals surface area contributed by atoms with Crippen molar-refractivity contribution in [3.63, 3.8) is 0 Å². The number of anilines is 2. The molecule has 0 saturated carbocycles. The molecule has 0 fully saturated rings. The molecule has 0 atom stereocenters. The summed E-state index contributed by atoms with van der Waals surface area (Å²) in [7, 11) is 0. The Labute approximate surface area is 112 Å². The molecule has 1 aromatic carbocycles. The minimum absolute atomic E-state index is 0.107. The van der Waals surface area contributed by atoms with Crippen LogP contribution in [-0.2, 0) is 4.79 Å². The minimum Gasteiger partial charge on any atom is -0.480 e. The van der Waals surface area contributed by atoms with E-state index in [-0.39, 0.29) is 16.3 Å². The highest BCUT2D eigenvalue weighted by atomic mass is 19.4. The molecule has 0 saturated heterocycles. The smallest absolute Gasteiger partial charge is 0.406 e. The van der Waals surface area contributed by atoms with Crippen molar-refractivity contribution in [3.8, 4) is 0 Å². The van der Waals surface area contributed by atoms with Gasteiger partial charge < -0.3 is 21.1 Å². The number of carbonyl (C=O) groups is 2. The summed E-state index contributed by atoms with van der Waals surface area (Å²) in [6.07, 6.45) is -4.70. The fourth-order valence-electron chi connectivity index (χ4n) is 1.38. The first-order valence-corrected chi connectivity index (χ1v) is 5.38. The van der Waals surface area contributed by atoms with E-state index in [0.29, 0.717) is 0 Å². The number of carbonyl (C=O) groups excluding carboxylic acids is 1. The third-order valence-electron chi connectivity index (χ3n) is 2.19. The maximum absolute atomic E-state index is 12.3. The fourth-order valence-corrected chi connectivity index (χ4v) is 1.38. The van der Waals surface area contributed by atoms with Crippen molar-refractivity contribution in [1.82, 2.24) is 4.90 Å². The quantitative estimate of drug-likeness (QED) is 0.736. The molecule has 9 heteroatoms. The summed E-state index contributed by atoms with van der Waals surface area (Å²) in [4.78, 5) is 22.3. The summed E-state index contributed by atoms with van der Waals surface area (Å²) < 4.78 is 36.9. The van der Waals surface area contributed by atoms with Crippen LogP contribution in [0.25, 0.3) is 0 Å². The lowest BCUT2D eigenvalue weighted by atomic mass is 10.3. The largest absolute Gasteiger partial charge is 0.480 e. The van der Waals surface area contributed by atoms with Gasteiger partial charge >= 0.3 is 18.2 Å². The highest BCUT2D eigenvalue weighted by molar-refractivity contribution is 5.94. The van der Waals surface area contributed by atoms with Crippen molar-refractivity contribution < 1.29 is 27.9 Å². The van der Waals surface area contributed by atoms with Gasteiger partial charge in [-0.15, -0.1) is 0 Å². The van der Waals surface area contributed by atoms with Gasteiger partial charge in [0.1, 0.15) is 13.1 Å². The molecule has 0 aliphatic rings. The first-order valence-electron chi connectivity index (χ1n) is 5.38. The van der Waals surface area contributed by atoms with Gasteiger partial charge in [-0.2, -0.15) is 13.2 Å². The number of rotatable bonds is 4. The van der Waals surface area contributed by atoms with Gasteiger partial charge in [-0.1, -0.05) is 12.1 Å². The average Bonchev–Trinajstić information content (AvgIpc) is 2.28. The number of nitrogens with two attached hydrogens (primary N) is 1. The number of hydrogen-bond acceptors (Lipinski definition) is 3. The van der Waals surface area contributed by atoms with Gasteiger partial charge in [0.25, 0.3) is 0 Å². The molecular formula is C11H12F3N3O3. The summed E-state index contributed by atoms with van der Waals surface area (Å²) >= 11 is 0. The van der Waals surface area contributed by atoms with Crippen LogP contribution in [0.1, 0.15) is 0 Å². The summed E-state index contributed by atoms with van der Waals surface area (Å²) in [5.74, 6) is -1.55. The van der Waals surface area contributed by atoms with Crippen LogP contribution in [-0.4, -0.2) is 41.3 Å². The van der Waals surface area contributed by atoms with E-state index >= 15 is 0 Å². The molecule has 0 radical (unpaired) electrons. The second-order valence-corrected chi connectivity index (χ2v) is 3.88. The van der Waals surface area contributed by atoms with E-state index in [0.717, 1.165) is 0 Å². The Morgan fingerprint density at radius 3 is 2.40 bits per heavy atom. The number of carboxylic acids is 1. The van der Waals surface area contributed by atoms with Gasteiger partial charge in [-0.25, -0.2) is 4.79 Å². The van der Waals surface area contributed by atoms with E-state index in [1.807, 2.05) is 0 Å². The van der Waals surface area contributed by atoms with E-state index in [2.05, 4.69) is 5.32 Å². The first kappa shape index (κ1) is 15.6. The SMILES string of the molecule is Nc1ccccc1NC(=O)N(CC(=O)O)CC(F)(F)F. The molecule has 2 amide bonds. The van der Waals surface area contributed by atoms with Crippen molar-refractivity contribution in [2.24, 2.45) is 0 Å². The van der Waals surface area contributed by atoms with Crippen molar-refractivity contribution >= 4 is 23.4 Å². The molecule has 0 aliphatic heterocycles. The summed E-state index contributed by atoms with van der Waals surface area (Å²) in [5.41, 5.74) is 5.79. The molecule has 20 heavy (non-hydrogen) atoms. The maximum atomic E-state index is 12.3. The molecule has 0 bridgehead atoms. The molecule has 6 nitrogen and oxygen atoms in total. The van der Waals surface area contributed by atoms with Gasteiger partial charge in [0, 0.05) is 0 Å². The number of benzene rings is 1. The number of halogens is 3. The Morgan fingerprint density at radius 2 is 1.90 bits per heavy atom. The van der Waals surface area contributed by atoms with Crippen LogP contribution in [0.3, 0.4) is 0 Å². The zero-order valence-corrected chi connectivity index (χ0v) is 10.1. The number of aliphatic carboxylic acids is 1. The van der Waals surface area contributed by atoms with Crippen LogP contribution in [0.4, 0.5) is 29.3 Å². The lowest BCUT2D eigenvalue weighted by Crippen LogP contribution is -2.44. The summed E-state index contributed by atoms with van der Waals surface area (Å²) in [6.45, 7) is -2.74. The number of alkyl halides is 3. The van der Waals surface area contributed by atoms with Gasteiger partial charge in [0.2, 0.25) is 0 Å². The van der Waals surface area contributed by atoms with E-state index in [1.54, 1.807) is 6.07 Å². The number of carboxylic acid groups (broad SMARTS) is 1. The fraction of sp³-hybridized carbons (Fsp3) is 0.273. The summed E-state index contributed by atoms with van der Waals surface area (Å²) in [5, 5.41) is 10.7. The Bertz CT molecular complexity index is 505. The van der Waals surface area contributed by atoms with Crippen LogP contribution in [0, 0.1) is 0 Å². The van der Waals surface area contributed by atoms with Crippen LogP contribution < -0.4 is 11.1 Å². The Hall–Kier alpha value is -2.45. The van der Waals surface area contributed by atoms with Gasteiger partial charge in [-0.3, -0.25) is 4.79 Å². The van der Waals surface area contributed by atoms with Gasteiger partial charge in [0.15, 0.2) is 0 Å². The zero-order chi connectivity index (χ0) is 15.3. The molecule has 0 spiro atoms. The first-order chi connectivity index (χ1) is 9.19. The second kappa shape index (κ2) is 6.13. The maximum Gasteiger partial charge on any atom is 0.406 e. The molecular weight excluding hydrogens is 279 g/mol. The van der Waals surface area contributed by atoms with E-state index in [4.69, 9.17) is 10.8 Å². The number of para-hydroxylation sites is 2. The van der Waals surface area contributed by atoms with E-state index in [1.165, 1.54) is 18.2 Å². The zero-order valence-electron chi connectivity index (χ0n) is 10.1. The van der Waals surface area contributed by atoms with Crippen LogP contribution in [0.15, 0.2) is 24.3 Å². The van der Waals surface area contributed by atoms with Crippen molar-refractivity contribution in [1.29, 1.82) is 0 Å². The lowest BCUT2D eigenvalue weighted by Gasteiger charge is -2.22. The van der Waals surface area contributed by atoms with E-state index < -0.39 is 31.3 Å².